The number of carbonyl (C=O) groups excluding carboxylic acids is 2. The molecule has 1 fully saturated rings. The Hall–Kier alpha value is -2.57. The van der Waals surface area contributed by atoms with Gasteiger partial charge < -0.3 is 19.2 Å². The first kappa shape index (κ1) is 14.0. The van der Waals surface area contributed by atoms with Crippen LogP contribution >= 0.6 is 0 Å². The SMILES string of the molecule is O=C(NCc1cnc2n1CCN(C(=O)c1ccoc1)C2)C1CC1. The van der Waals surface area contributed by atoms with Gasteiger partial charge in [-0.25, -0.2) is 4.98 Å². The van der Waals surface area contributed by atoms with Crippen molar-refractivity contribution >= 4 is 11.8 Å². The van der Waals surface area contributed by atoms with Crippen LogP contribution in [-0.4, -0.2) is 32.8 Å². The zero-order valence-corrected chi connectivity index (χ0v) is 12.7. The lowest BCUT2D eigenvalue weighted by Gasteiger charge is -2.28. The third kappa shape index (κ3) is 2.74. The van der Waals surface area contributed by atoms with Gasteiger partial charge in [0.05, 0.1) is 36.8 Å². The highest BCUT2D eigenvalue weighted by atomic mass is 16.3. The Bertz CT molecular complexity index is 731. The number of carbonyl (C=O) groups is 2. The maximum absolute atomic E-state index is 12.3. The quantitative estimate of drug-likeness (QED) is 0.918. The molecule has 1 saturated carbocycles. The molecule has 2 amide bonds. The molecule has 0 saturated heterocycles. The lowest BCUT2D eigenvalue weighted by molar-refractivity contribution is -0.122. The van der Waals surface area contributed by atoms with Crippen molar-refractivity contribution in [2.24, 2.45) is 5.92 Å². The number of imidazole rings is 1. The van der Waals surface area contributed by atoms with Crippen LogP contribution < -0.4 is 5.32 Å². The Morgan fingerprint density at radius 1 is 1.35 bits per heavy atom. The Morgan fingerprint density at radius 3 is 2.96 bits per heavy atom. The molecule has 1 aliphatic heterocycles. The van der Waals surface area contributed by atoms with Gasteiger partial charge in [-0.15, -0.1) is 0 Å². The normalized spacial score (nSPS) is 17.0. The van der Waals surface area contributed by atoms with Gasteiger partial charge in [-0.2, -0.15) is 0 Å². The van der Waals surface area contributed by atoms with E-state index in [9.17, 15) is 9.59 Å². The van der Waals surface area contributed by atoms with Gasteiger partial charge in [0.15, 0.2) is 0 Å². The molecular formula is C16H18N4O3. The van der Waals surface area contributed by atoms with Gasteiger partial charge in [-0.05, 0) is 18.9 Å². The molecule has 2 aliphatic rings. The highest BCUT2D eigenvalue weighted by Crippen LogP contribution is 2.28. The van der Waals surface area contributed by atoms with Crippen molar-refractivity contribution in [2.75, 3.05) is 6.54 Å². The summed E-state index contributed by atoms with van der Waals surface area (Å²) >= 11 is 0. The third-order valence-electron chi connectivity index (χ3n) is 4.39. The van der Waals surface area contributed by atoms with Crippen molar-refractivity contribution in [3.8, 4) is 0 Å². The summed E-state index contributed by atoms with van der Waals surface area (Å²) in [6, 6.07) is 1.67. The van der Waals surface area contributed by atoms with Crippen LogP contribution in [0.1, 0.15) is 34.7 Å². The topological polar surface area (TPSA) is 80.4 Å². The van der Waals surface area contributed by atoms with Crippen LogP contribution in [-0.2, 0) is 24.4 Å². The fourth-order valence-electron chi connectivity index (χ4n) is 2.87. The minimum absolute atomic E-state index is 0.0448. The zero-order chi connectivity index (χ0) is 15.8. The molecule has 0 aromatic carbocycles. The number of nitrogens with one attached hydrogen (secondary N) is 1. The first-order valence-electron chi connectivity index (χ1n) is 7.85. The van der Waals surface area contributed by atoms with Gasteiger partial charge in [-0.1, -0.05) is 0 Å². The predicted octanol–water partition coefficient (Wildman–Crippen LogP) is 1.16. The summed E-state index contributed by atoms with van der Waals surface area (Å²) in [5.41, 5.74) is 1.55. The van der Waals surface area contributed by atoms with E-state index in [4.69, 9.17) is 4.42 Å². The number of fused-ring (bicyclic) bond motifs is 1. The number of hydrogen-bond donors (Lipinski definition) is 1. The van der Waals surface area contributed by atoms with Crippen LogP contribution in [0.2, 0.25) is 0 Å². The smallest absolute Gasteiger partial charge is 0.257 e. The van der Waals surface area contributed by atoms with Gasteiger partial charge in [0, 0.05) is 19.0 Å². The van der Waals surface area contributed by atoms with Crippen LogP contribution in [0, 0.1) is 5.92 Å². The average molecular weight is 314 g/mol. The van der Waals surface area contributed by atoms with Gasteiger partial charge in [-0.3, -0.25) is 9.59 Å². The maximum atomic E-state index is 12.3. The van der Waals surface area contributed by atoms with Crippen LogP contribution in [0.25, 0.3) is 0 Å². The monoisotopic (exact) mass is 314 g/mol. The van der Waals surface area contributed by atoms with Gasteiger partial charge >= 0.3 is 0 Å². The second kappa shape index (κ2) is 5.57. The van der Waals surface area contributed by atoms with Crippen molar-refractivity contribution in [3.63, 3.8) is 0 Å². The summed E-state index contributed by atoms with van der Waals surface area (Å²) in [5, 5.41) is 2.96. The summed E-state index contributed by atoms with van der Waals surface area (Å²) < 4.78 is 7.06. The molecule has 0 bridgehead atoms. The number of furan rings is 1. The molecule has 0 radical (unpaired) electrons. The van der Waals surface area contributed by atoms with Crippen LogP contribution in [0.4, 0.5) is 0 Å². The van der Waals surface area contributed by atoms with Crippen molar-refractivity contribution in [1.82, 2.24) is 19.8 Å². The van der Waals surface area contributed by atoms with E-state index in [1.165, 1.54) is 12.5 Å². The van der Waals surface area contributed by atoms with E-state index in [0.717, 1.165) is 24.4 Å². The van der Waals surface area contributed by atoms with E-state index in [1.54, 1.807) is 17.2 Å². The fraction of sp³-hybridized carbons (Fsp3) is 0.438. The summed E-state index contributed by atoms with van der Waals surface area (Å²) in [7, 11) is 0. The number of amides is 2. The van der Waals surface area contributed by atoms with Crippen LogP contribution in [0.5, 0.6) is 0 Å². The summed E-state index contributed by atoms with van der Waals surface area (Å²) in [6.07, 6.45) is 6.75. The summed E-state index contributed by atoms with van der Waals surface area (Å²) in [6.45, 7) is 2.28. The molecule has 0 spiro atoms. The van der Waals surface area contributed by atoms with Crippen molar-refractivity contribution in [2.45, 2.75) is 32.5 Å². The molecule has 2 aromatic heterocycles. The van der Waals surface area contributed by atoms with E-state index in [-0.39, 0.29) is 17.7 Å². The average Bonchev–Trinajstić information content (AvgIpc) is 3.13. The van der Waals surface area contributed by atoms with E-state index in [1.807, 2.05) is 0 Å². The molecular weight excluding hydrogens is 296 g/mol. The Labute approximate surface area is 133 Å². The van der Waals surface area contributed by atoms with E-state index < -0.39 is 0 Å². The van der Waals surface area contributed by atoms with E-state index in [2.05, 4.69) is 14.9 Å². The Morgan fingerprint density at radius 2 is 2.22 bits per heavy atom. The van der Waals surface area contributed by atoms with Gasteiger partial charge in [0.2, 0.25) is 5.91 Å². The van der Waals surface area contributed by atoms with E-state index in [0.29, 0.717) is 31.7 Å². The maximum Gasteiger partial charge on any atom is 0.257 e. The molecule has 120 valence electrons. The van der Waals surface area contributed by atoms with Crippen molar-refractivity contribution < 1.29 is 14.0 Å². The minimum atomic E-state index is -0.0448. The van der Waals surface area contributed by atoms with Crippen LogP contribution in [0.15, 0.2) is 29.2 Å². The van der Waals surface area contributed by atoms with E-state index >= 15 is 0 Å². The van der Waals surface area contributed by atoms with Gasteiger partial charge in [0.25, 0.3) is 5.91 Å². The molecule has 7 nitrogen and oxygen atoms in total. The van der Waals surface area contributed by atoms with Crippen molar-refractivity contribution in [3.05, 3.63) is 41.9 Å². The molecule has 0 atom stereocenters. The standard InChI is InChI=1S/C16H18N4O3/c21-15(11-1-2-11)18-8-13-7-17-14-9-19(4-5-20(13)14)16(22)12-3-6-23-10-12/h3,6-7,10-11H,1-2,4-5,8-9H2,(H,18,21). The summed E-state index contributed by atoms with van der Waals surface area (Å²) in [5.74, 6) is 1.15. The molecule has 23 heavy (non-hydrogen) atoms. The lowest BCUT2D eigenvalue weighted by atomic mass is 10.2. The third-order valence-corrected chi connectivity index (χ3v) is 4.39. The highest BCUT2D eigenvalue weighted by molar-refractivity contribution is 5.93. The van der Waals surface area contributed by atoms with Crippen molar-refractivity contribution in [1.29, 1.82) is 0 Å². The Kier molecular flexibility index (Phi) is 3.40. The first-order chi connectivity index (χ1) is 11.2. The number of rotatable bonds is 4. The molecule has 4 rings (SSSR count). The molecule has 2 aromatic rings. The summed E-state index contributed by atoms with van der Waals surface area (Å²) in [4.78, 5) is 30.3. The lowest BCUT2D eigenvalue weighted by Crippen LogP contribution is -2.39. The second-order valence-electron chi connectivity index (χ2n) is 6.05. The molecule has 0 unspecified atom stereocenters. The second-order valence-corrected chi connectivity index (χ2v) is 6.05. The predicted molar refractivity (Wildman–Crippen MR) is 80.2 cm³/mol. The molecule has 3 heterocycles. The molecule has 7 heteroatoms. The number of aromatic nitrogens is 2. The fourth-order valence-corrected chi connectivity index (χ4v) is 2.87. The molecule has 1 N–H and O–H groups in total. The number of nitrogens with zero attached hydrogens (tertiary/aromatic N) is 3. The first-order valence-corrected chi connectivity index (χ1v) is 7.85. The largest absolute Gasteiger partial charge is 0.472 e. The number of hydrogen-bond acceptors (Lipinski definition) is 4. The zero-order valence-electron chi connectivity index (χ0n) is 12.7. The molecule has 1 aliphatic carbocycles. The van der Waals surface area contributed by atoms with Gasteiger partial charge in [0.1, 0.15) is 12.1 Å². The van der Waals surface area contributed by atoms with Crippen LogP contribution in [0.3, 0.4) is 0 Å². The Balaban J connectivity index is 1.42. The highest BCUT2D eigenvalue weighted by Gasteiger charge is 2.30. The minimum Gasteiger partial charge on any atom is -0.472 e.